The van der Waals surface area contributed by atoms with Crippen molar-refractivity contribution in [2.24, 2.45) is 0 Å². The normalized spacial score (nSPS) is 18.6. The molecule has 1 saturated heterocycles. The topological polar surface area (TPSA) is 23.5 Å². The molecule has 0 bridgehead atoms. The summed E-state index contributed by atoms with van der Waals surface area (Å²) in [6.07, 6.45) is 3.33. The zero-order chi connectivity index (χ0) is 11.5. The van der Waals surface area contributed by atoms with Crippen molar-refractivity contribution < 1.29 is 5.11 Å². The van der Waals surface area contributed by atoms with Gasteiger partial charge in [0.25, 0.3) is 0 Å². The lowest BCUT2D eigenvalue weighted by Gasteiger charge is -2.31. The largest absolute Gasteiger partial charge is 0.389 e. The van der Waals surface area contributed by atoms with Crippen LogP contribution in [0.1, 0.15) is 37.9 Å². The molecular weight excluding hydrogens is 222 g/mol. The molecule has 1 aliphatic rings. The van der Waals surface area contributed by atoms with Crippen LogP contribution < -0.4 is 4.90 Å². The Morgan fingerprint density at radius 3 is 2.56 bits per heavy atom. The molecule has 3 heteroatoms. The zero-order valence-corrected chi connectivity index (χ0v) is 10.4. The molecule has 0 spiro atoms. The molecule has 1 heterocycles. The Balaban J connectivity index is 2.31. The van der Waals surface area contributed by atoms with Crippen LogP contribution >= 0.6 is 11.6 Å². The Hall–Kier alpha value is -0.730. The van der Waals surface area contributed by atoms with Gasteiger partial charge in [0, 0.05) is 29.4 Å². The maximum absolute atomic E-state index is 9.77. The predicted octanol–water partition coefficient (Wildman–Crippen LogP) is 3.38. The molecule has 1 atom stereocenters. The summed E-state index contributed by atoms with van der Waals surface area (Å²) in [5.74, 6) is 0. The summed E-state index contributed by atoms with van der Waals surface area (Å²) < 4.78 is 0. The van der Waals surface area contributed by atoms with Crippen LogP contribution in [0.5, 0.6) is 0 Å². The van der Waals surface area contributed by atoms with Gasteiger partial charge in [-0.2, -0.15) is 0 Å². The third-order valence-electron chi connectivity index (χ3n) is 3.14. The summed E-state index contributed by atoms with van der Waals surface area (Å²) in [5.41, 5.74) is 2.08. The Morgan fingerprint density at radius 1 is 1.25 bits per heavy atom. The number of rotatable bonds is 2. The highest BCUT2D eigenvalue weighted by atomic mass is 35.5. The second-order valence-corrected chi connectivity index (χ2v) is 4.86. The van der Waals surface area contributed by atoms with E-state index < -0.39 is 6.10 Å². The maximum atomic E-state index is 9.77. The van der Waals surface area contributed by atoms with E-state index in [1.165, 1.54) is 19.3 Å². The highest BCUT2D eigenvalue weighted by Gasteiger charge is 2.16. The molecule has 0 aliphatic carbocycles. The molecule has 0 radical (unpaired) electrons. The SMILES string of the molecule is CC(O)c1cc(Cl)ccc1N1CCCCC1. The van der Waals surface area contributed by atoms with Gasteiger partial charge in [-0.25, -0.2) is 0 Å². The van der Waals surface area contributed by atoms with Crippen molar-refractivity contribution in [2.45, 2.75) is 32.3 Å². The molecule has 1 fully saturated rings. The molecule has 2 rings (SSSR count). The minimum atomic E-state index is -0.462. The van der Waals surface area contributed by atoms with Crippen molar-refractivity contribution in [3.63, 3.8) is 0 Å². The van der Waals surface area contributed by atoms with Gasteiger partial charge >= 0.3 is 0 Å². The summed E-state index contributed by atoms with van der Waals surface area (Å²) in [4.78, 5) is 2.35. The van der Waals surface area contributed by atoms with E-state index in [0.717, 1.165) is 24.3 Å². The number of aliphatic hydroxyl groups is 1. The van der Waals surface area contributed by atoms with Crippen LogP contribution in [0.15, 0.2) is 18.2 Å². The van der Waals surface area contributed by atoms with E-state index in [0.29, 0.717) is 5.02 Å². The minimum absolute atomic E-state index is 0.462. The highest BCUT2D eigenvalue weighted by Crippen LogP contribution is 2.30. The highest BCUT2D eigenvalue weighted by molar-refractivity contribution is 6.30. The Kier molecular flexibility index (Phi) is 3.72. The Morgan fingerprint density at radius 2 is 1.94 bits per heavy atom. The minimum Gasteiger partial charge on any atom is -0.389 e. The van der Waals surface area contributed by atoms with Crippen LogP contribution in [0.4, 0.5) is 5.69 Å². The second-order valence-electron chi connectivity index (χ2n) is 4.43. The van der Waals surface area contributed by atoms with E-state index in [2.05, 4.69) is 4.90 Å². The number of hydrogen-bond acceptors (Lipinski definition) is 2. The van der Waals surface area contributed by atoms with Crippen LogP contribution in [-0.4, -0.2) is 18.2 Å². The molecule has 0 saturated carbocycles. The molecule has 1 aliphatic heterocycles. The molecule has 88 valence electrons. The summed E-state index contributed by atoms with van der Waals surface area (Å²) in [6, 6.07) is 5.79. The smallest absolute Gasteiger partial charge is 0.0782 e. The van der Waals surface area contributed by atoms with Crippen molar-refractivity contribution in [1.29, 1.82) is 0 Å². The predicted molar refractivity (Wildman–Crippen MR) is 68.1 cm³/mol. The molecule has 1 aromatic carbocycles. The van der Waals surface area contributed by atoms with E-state index in [1.54, 1.807) is 6.92 Å². The van der Waals surface area contributed by atoms with Crippen molar-refractivity contribution in [1.82, 2.24) is 0 Å². The third kappa shape index (κ3) is 2.50. The third-order valence-corrected chi connectivity index (χ3v) is 3.37. The number of anilines is 1. The number of hydrogen-bond donors (Lipinski definition) is 1. The number of benzene rings is 1. The number of aliphatic hydroxyl groups excluding tert-OH is 1. The maximum Gasteiger partial charge on any atom is 0.0782 e. The molecule has 2 nitrogen and oxygen atoms in total. The zero-order valence-electron chi connectivity index (χ0n) is 9.62. The number of piperidine rings is 1. The fraction of sp³-hybridized carbons (Fsp3) is 0.538. The fourth-order valence-electron chi connectivity index (χ4n) is 2.28. The van der Waals surface area contributed by atoms with Gasteiger partial charge < -0.3 is 10.0 Å². The summed E-state index contributed by atoms with van der Waals surface area (Å²) in [7, 11) is 0. The van der Waals surface area contributed by atoms with E-state index in [4.69, 9.17) is 11.6 Å². The van der Waals surface area contributed by atoms with Crippen molar-refractivity contribution >= 4 is 17.3 Å². The first-order valence-electron chi connectivity index (χ1n) is 5.91. The van der Waals surface area contributed by atoms with Gasteiger partial charge in [-0.1, -0.05) is 11.6 Å². The molecule has 16 heavy (non-hydrogen) atoms. The lowest BCUT2D eigenvalue weighted by molar-refractivity contribution is 0.199. The van der Waals surface area contributed by atoms with Crippen molar-refractivity contribution in [2.75, 3.05) is 18.0 Å². The second kappa shape index (κ2) is 5.07. The van der Waals surface area contributed by atoms with Crippen LogP contribution in [0.3, 0.4) is 0 Å². The van der Waals surface area contributed by atoms with E-state index >= 15 is 0 Å². The van der Waals surface area contributed by atoms with E-state index in [9.17, 15) is 5.11 Å². The molecule has 0 aromatic heterocycles. The number of nitrogens with zero attached hydrogens (tertiary/aromatic N) is 1. The molecule has 1 aromatic rings. The van der Waals surface area contributed by atoms with E-state index in [-0.39, 0.29) is 0 Å². The monoisotopic (exact) mass is 239 g/mol. The van der Waals surface area contributed by atoms with Gasteiger partial charge in [-0.3, -0.25) is 0 Å². The first kappa shape index (κ1) is 11.7. The molecule has 0 amide bonds. The molecular formula is C13H18ClNO. The first-order chi connectivity index (χ1) is 7.68. The molecule has 1 unspecified atom stereocenters. The summed E-state index contributed by atoms with van der Waals surface area (Å²) in [6.45, 7) is 3.96. The standard InChI is InChI=1S/C13H18ClNO/c1-10(16)12-9-11(14)5-6-13(12)15-7-3-2-4-8-15/h5-6,9-10,16H,2-4,7-8H2,1H3. The van der Waals surface area contributed by atoms with Crippen molar-refractivity contribution in [3.05, 3.63) is 28.8 Å². The van der Waals surface area contributed by atoms with Crippen LogP contribution in [0.25, 0.3) is 0 Å². The van der Waals surface area contributed by atoms with Gasteiger partial charge in [0.2, 0.25) is 0 Å². The van der Waals surface area contributed by atoms with Gasteiger partial charge in [-0.05, 0) is 44.4 Å². The van der Waals surface area contributed by atoms with Crippen molar-refractivity contribution in [3.8, 4) is 0 Å². The summed E-state index contributed by atoms with van der Waals surface area (Å²) >= 11 is 5.97. The average Bonchev–Trinajstić information content (AvgIpc) is 2.30. The average molecular weight is 240 g/mol. The molecule has 1 N–H and O–H groups in total. The van der Waals surface area contributed by atoms with Gasteiger partial charge in [-0.15, -0.1) is 0 Å². The quantitative estimate of drug-likeness (QED) is 0.855. The van der Waals surface area contributed by atoms with Gasteiger partial charge in [0.15, 0.2) is 0 Å². The van der Waals surface area contributed by atoms with Gasteiger partial charge in [0.1, 0.15) is 0 Å². The van der Waals surface area contributed by atoms with Gasteiger partial charge in [0.05, 0.1) is 6.10 Å². The van der Waals surface area contributed by atoms with Crippen LogP contribution in [-0.2, 0) is 0 Å². The van der Waals surface area contributed by atoms with Crippen LogP contribution in [0, 0.1) is 0 Å². The first-order valence-corrected chi connectivity index (χ1v) is 6.29. The Bertz CT molecular complexity index is 359. The Labute approximate surface area is 102 Å². The van der Waals surface area contributed by atoms with E-state index in [1.807, 2.05) is 18.2 Å². The lowest BCUT2D eigenvalue weighted by atomic mass is 10.0. The summed E-state index contributed by atoms with van der Waals surface area (Å²) in [5, 5.41) is 10.5. The number of halogens is 1. The lowest BCUT2D eigenvalue weighted by Crippen LogP contribution is -2.30. The fourth-order valence-corrected chi connectivity index (χ4v) is 2.46. The van der Waals surface area contributed by atoms with Crippen LogP contribution in [0.2, 0.25) is 5.02 Å².